The Labute approximate surface area is 149 Å². The Morgan fingerprint density at radius 3 is 2.73 bits per heavy atom. The zero-order valence-corrected chi connectivity index (χ0v) is 14.8. The summed E-state index contributed by atoms with van der Waals surface area (Å²) in [5, 5.41) is 17.4. The van der Waals surface area contributed by atoms with Crippen molar-refractivity contribution >= 4 is 23.2 Å². The van der Waals surface area contributed by atoms with E-state index in [-0.39, 0.29) is 23.7 Å². The molecule has 26 heavy (non-hydrogen) atoms. The quantitative estimate of drug-likeness (QED) is 0.613. The highest BCUT2D eigenvalue weighted by Crippen LogP contribution is 2.22. The van der Waals surface area contributed by atoms with Crippen LogP contribution in [0.25, 0.3) is 0 Å². The topological polar surface area (TPSA) is 120 Å². The van der Waals surface area contributed by atoms with E-state index in [2.05, 4.69) is 10.4 Å². The summed E-state index contributed by atoms with van der Waals surface area (Å²) in [5.74, 6) is -0.743. The summed E-state index contributed by atoms with van der Waals surface area (Å²) < 4.78 is 6.48. The number of nitrogens with one attached hydrogen (secondary N) is 1. The van der Waals surface area contributed by atoms with Crippen LogP contribution in [0.15, 0.2) is 24.4 Å². The Kier molecular flexibility index (Phi) is 5.55. The van der Waals surface area contributed by atoms with Crippen LogP contribution in [0.4, 0.5) is 11.4 Å². The molecule has 0 fully saturated rings. The minimum absolute atomic E-state index is 0.129. The molecule has 10 heteroatoms. The third kappa shape index (κ3) is 4.15. The first kappa shape index (κ1) is 18.9. The van der Waals surface area contributed by atoms with E-state index in [9.17, 15) is 19.7 Å². The molecular weight excluding hydrogens is 342 g/mol. The normalized spacial score (nSPS) is 10.3. The average molecular weight is 361 g/mol. The van der Waals surface area contributed by atoms with E-state index in [0.29, 0.717) is 11.3 Å². The molecule has 1 aromatic carbocycles. The highest BCUT2D eigenvalue weighted by atomic mass is 16.6. The Bertz CT molecular complexity index is 861. The first-order chi connectivity index (χ1) is 12.2. The summed E-state index contributed by atoms with van der Waals surface area (Å²) in [6.07, 6.45) is 1.50. The number of methoxy groups -OCH3 is 1. The summed E-state index contributed by atoms with van der Waals surface area (Å²) >= 11 is 0. The summed E-state index contributed by atoms with van der Waals surface area (Å²) in [6.45, 7) is 1.48. The van der Waals surface area contributed by atoms with Crippen LogP contribution in [-0.2, 0) is 11.8 Å². The zero-order chi connectivity index (χ0) is 19.4. The molecule has 0 bridgehead atoms. The smallest absolute Gasteiger partial charge is 0.271 e. The van der Waals surface area contributed by atoms with Crippen LogP contribution in [0.5, 0.6) is 5.88 Å². The number of aryl methyl sites for hydroxylation is 2. The Morgan fingerprint density at radius 1 is 1.42 bits per heavy atom. The standard InChI is InChI=1S/C16H19N5O5/c1-10-5-6-11(21(24)25)7-13(10)17-14(22)9-19(2)16(23)12-8-20(3)18-15(12)26-4/h5-8H,9H2,1-4H3,(H,17,22). The maximum atomic E-state index is 12.5. The number of carbonyl (C=O) groups is 2. The molecule has 0 saturated heterocycles. The van der Waals surface area contributed by atoms with Gasteiger partial charge in [0.2, 0.25) is 11.8 Å². The number of nitro benzene ring substituents is 1. The van der Waals surface area contributed by atoms with Gasteiger partial charge in [0.1, 0.15) is 5.56 Å². The summed E-state index contributed by atoms with van der Waals surface area (Å²) in [4.78, 5) is 36.2. The maximum absolute atomic E-state index is 12.5. The lowest BCUT2D eigenvalue weighted by Gasteiger charge is -2.17. The molecule has 0 spiro atoms. The van der Waals surface area contributed by atoms with Gasteiger partial charge in [-0.2, -0.15) is 0 Å². The van der Waals surface area contributed by atoms with Crippen molar-refractivity contribution in [3.8, 4) is 5.88 Å². The fraction of sp³-hybridized carbons (Fsp3) is 0.312. The first-order valence-electron chi connectivity index (χ1n) is 7.61. The number of aromatic nitrogens is 2. The number of carbonyl (C=O) groups excluding carboxylic acids is 2. The molecule has 2 amide bonds. The van der Waals surface area contributed by atoms with Gasteiger partial charge in [-0.3, -0.25) is 24.4 Å². The number of non-ortho nitro benzene ring substituents is 1. The Hall–Kier alpha value is -3.43. The van der Waals surface area contributed by atoms with E-state index in [4.69, 9.17) is 4.74 Å². The van der Waals surface area contributed by atoms with Crippen LogP contribution >= 0.6 is 0 Å². The number of nitro groups is 1. The third-order valence-corrected chi connectivity index (χ3v) is 3.65. The van der Waals surface area contributed by atoms with Gasteiger partial charge in [-0.05, 0) is 12.5 Å². The van der Waals surface area contributed by atoms with E-state index >= 15 is 0 Å². The molecule has 2 rings (SSSR count). The molecule has 0 aliphatic rings. The van der Waals surface area contributed by atoms with Gasteiger partial charge in [-0.15, -0.1) is 5.10 Å². The van der Waals surface area contributed by atoms with Gasteiger partial charge in [0.05, 0.1) is 24.3 Å². The van der Waals surface area contributed by atoms with Crippen molar-refractivity contribution in [1.82, 2.24) is 14.7 Å². The molecule has 0 atom stereocenters. The van der Waals surface area contributed by atoms with Crippen molar-refractivity contribution < 1.29 is 19.2 Å². The fourth-order valence-corrected chi connectivity index (χ4v) is 2.31. The highest BCUT2D eigenvalue weighted by Gasteiger charge is 2.22. The van der Waals surface area contributed by atoms with E-state index in [1.807, 2.05) is 0 Å². The van der Waals surface area contributed by atoms with Crippen molar-refractivity contribution in [3.63, 3.8) is 0 Å². The second kappa shape index (κ2) is 7.64. The van der Waals surface area contributed by atoms with E-state index < -0.39 is 16.7 Å². The van der Waals surface area contributed by atoms with Gasteiger partial charge >= 0.3 is 0 Å². The lowest BCUT2D eigenvalue weighted by molar-refractivity contribution is -0.384. The molecular formula is C16H19N5O5. The van der Waals surface area contributed by atoms with Gasteiger partial charge in [0, 0.05) is 32.4 Å². The van der Waals surface area contributed by atoms with Crippen molar-refractivity contribution in [1.29, 1.82) is 0 Å². The van der Waals surface area contributed by atoms with Gasteiger partial charge < -0.3 is 15.0 Å². The van der Waals surface area contributed by atoms with Crippen LogP contribution < -0.4 is 10.1 Å². The Morgan fingerprint density at radius 2 is 2.12 bits per heavy atom. The predicted molar refractivity (Wildman–Crippen MR) is 93.2 cm³/mol. The number of amides is 2. The zero-order valence-electron chi connectivity index (χ0n) is 14.8. The highest BCUT2D eigenvalue weighted by molar-refractivity contribution is 6.00. The largest absolute Gasteiger partial charge is 0.479 e. The molecule has 1 aromatic heterocycles. The van der Waals surface area contributed by atoms with Gasteiger partial charge in [0.25, 0.3) is 11.6 Å². The predicted octanol–water partition coefficient (Wildman–Crippen LogP) is 1.36. The molecule has 0 aliphatic heterocycles. The van der Waals surface area contributed by atoms with E-state index in [1.54, 1.807) is 20.0 Å². The minimum atomic E-state index is -0.542. The summed E-state index contributed by atoms with van der Waals surface area (Å²) in [7, 11) is 4.52. The molecule has 138 valence electrons. The van der Waals surface area contributed by atoms with Crippen LogP contribution in [0.3, 0.4) is 0 Å². The van der Waals surface area contributed by atoms with Crippen molar-refractivity contribution in [2.75, 3.05) is 26.0 Å². The number of ether oxygens (including phenoxy) is 1. The van der Waals surface area contributed by atoms with Crippen molar-refractivity contribution in [3.05, 3.63) is 45.6 Å². The molecule has 1 heterocycles. The number of hydrogen-bond donors (Lipinski definition) is 1. The monoisotopic (exact) mass is 361 g/mol. The molecule has 0 saturated carbocycles. The third-order valence-electron chi connectivity index (χ3n) is 3.65. The average Bonchev–Trinajstić information content (AvgIpc) is 2.96. The second-order valence-electron chi connectivity index (χ2n) is 5.69. The number of likely N-dealkylation sites (N-methyl/N-ethyl adjacent to an activating group) is 1. The van der Waals surface area contributed by atoms with Crippen LogP contribution in [0.2, 0.25) is 0 Å². The second-order valence-corrected chi connectivity index (χ2v) is 5.69. The molecule has 2 aromatic rings. The Balaban J connectivity index is 2.08. The van der Waals surface area contributed by atoms with Crippen LogP contribution in [0.1, 0.15) is 15.9 Å². The van der Waals surface area contributed by atoms with Crippen LogP contribution in [-0.4, -0.2) is 52.1 Å². The first-order valence-corrected chi connectivity index (χ1v) is 7.61. The van der Waals surface area contributed by atoms with Gasteiger partial charge in [-0.25, -0.2) is 0 Å². The number of rotatable bonds is 6. The number of benzene rings is 1. The molecule has 10 nitrogen and oxygen atoms in total. The van der Waals surface area contributed by atoms with E-state index in [1.165, 1.54) is 42.1 Å². The molecule has 1 N–H and O–H groups in total. The molecule has 0 unspecified atom stereocenters. The summed E-state index contributed by atoms with van der Waals surface area (Å²) in [6, 6.07) is 4.18. The van der Waals surface area contributed by atoms with Gasteiger partial charge in [-0.1, -0.05) is 6.07 Å². The maximum Gasteiger partial charge on any atom is 0.271 e. The minimum Gasteiger partial charge on any atom is -0.479 e. The molecule has 0 aliphatic carbocycles. The summed E-state index contributed by atoms with van der Waals surface area (Å²) in [5.41, 5.74) is 1.10. The number of hydrogen-bond acceptors (Lipinski definition) is 6. The van der Waals surface area contributed by atoms with Crippen molar-refractivity contribution in [2.45, 2.75) is 6.92 Å². The van der Waals surface area contributed by atoms with E-state index in [0.717, 1.165) is 0 Å². The van der Waals surface area contributed by atoms with Gasteiger partial charge in [0.15, 0.2) is 0 Å². The van der Waals surface area contributed by atoms with Crippen molar-refractivity contribution in [2.24, 2.45) is 7.05 Å². The number of nitrogens with zero attached hydrogens (tertiary/aromatic N) is 4. The van der Waals surface area contributed by atoms with Crippen LogP contribution in [0, 0.1) is 17.0 Å². The SMILES string of the molecule is COc1nn(C)cc1C(=O)N(C)CC(=O)Nc1cc([N+](=O)[O-])ccc1C. The molecule has 0 radical (unpaired) electrons. The lowest BCUT2D eigenvalue weighted by atomic mass is 10.2. The number of anilines is 1. The fourth-order valence-electron chi connectivity index (χ4n) is 2.31. The lowest BCUT2D eigenvalue weighted by Crippen LogP contribution is -2.35.